The van der Waals surface area contributed by atoms with Gasteiger partial charge in [0, 0.05) is 51.8 Å². The van der Waals surface area contributed by atoms with Crippen LogP contribution >= 0.6 is 0 Å². The van der Waals surface area contributed by atoms with Crippen molar-refractivity contribution >= 4 is 17.7 Å². The van der Waals surface area contributed by atoms with E-state index in [2.05, 4.69) is 25.4 Å². The molecule has 0 saturated heterocycles. The van der Waals surface area contributed by atoms with Crippen molar-refractivity contribution in [3.05, 3.63) is 71.4 Å². The third kappa shape index (κ3) is 4.54. The average molecular weight is 495 g/mol. The fraction of sp³-hybridized carbons (Fsp3) is 0.292. The second-order valence-corrected chi connectivity index (χ2v) is 8.61. The number of halogens is 2. The molecule has 10 nitrogen and oxygen atoms in total. The third-order valence-electron chi connectivity index (χ3n) is 5.99. The Kier molecular flexibility index (Phi) is 6.18. The first-order valence-electron chi connectivity index (χ1n) is 11.2. The van der Waals surface area contributed by atoms with Gasteiger partial charge in [0.15, 0.2) is 5.82 Å². The number of aromatic nitrogens is 6. The number of rotatable bonds is 7. The summed E-state index contributed by atoms with van der Waals surface area (Å²) in [6.07, 6.45) is 5.12. The topological polar surface area (TPSA) is 103 Å². The fourth-order valence-corrected chi connectivity index (χ4v) is 4.27. The lowest BCUT2D eigenvalue weighted by Gasteiger charge is -2.35. The van der Waals surface area contributed by atoms with Crippen molar-refractivity contribution < 1.29 is 18.3 Å². The number of hydrogen-bond acceptors (Lipinski definition) is 7. The van der Waals surface area contributed by atoms with Crippen LogP contribution in [0.25, 0.3) is 11.4 Å². The van der Waals surface area contributed by atoms with Crippen LogP contribution in [0.5, 0.6) is 0 Å². The Bertz CT molecular complexity index is 1410. The lowest BCUT2D eigenvalue weighted by molar-refractivity contribution is 0.0379. The van der Waals surface area contributed by atoms with E-state index in [4.69, 9.17) is 4.74 Å². The van der Waals surface area contributed by atoms with Crippen molar-refractivity contribution in [2.45, 2.75) is 26.1 Å². The van der Waals surface area contributed by atoms with Gasteiger partial charge in [-0.3, -0.25) is 9.48 Å². The second kappa shape index (κ2) is 9.46. The van der Waals surface area contributed by atoms with Gasteiger partial charge in [0.05, 0.1) is 24.5 Å². The number of aryl methyl sites for hydroxylation is 2. The minimum atomic E-state index is -0.698. The van der Waals surface area contributed by atoms with Crippen molar-refractivity contribution in [2.75, 3.05) is 19.0 Å². The normalized spacial score (nSPS) is 15.3. The molecule has 1 aromatic carbocycles. The van der Waals surface area contributed by atoms with Gasteiger partial charge in [-0.25, -0.2) is 23.7 Å². The molecule has 3 aromatic heterocycles. The number of nitrogens with zero attached hydrogens (tertiary/aromatic N) is 7. The van der Waals surface area contributed by atoms with Gasteiger partial charge in [0.2, 0.25) is 5.95 Å². The van der Waals surface area contributed by atoms with Gasteiger partial charge in [-0.1, -0.05) is 0 Å². The summed E-state index contributed by atoms with van der Waals surface area (Å²) in [5.41, 5.74) is 2.22. The Morgan fingerprint density at radius 1 is 1.19 bits per heavy atom. The Hall–Kier alpha value is -4.19. The highest BCUT2D eigenvalue weighted by Crippen LogP contribution is 2.27. The van der Waals surface area contributed by atoms with Gasteiger partial charge in [-0.15, -0.1) is 0 Å². The summed E-state index contributed by atoms with van der Waals surface area (Å²) in [6.45, 7) is 2.54. The molecule has 36 heavy (non-hydrogen) atoms. The minimum absolute atomic E-state index is 0.0229. The van der Waals surface area contributed by atoms with Crippen molar-refractivity contribution in [1.29, 1.82) is 0 Å². The predicted molar refractivity (Wildman–Crippen MR) is 126 cm³/mol. The van der Waals surface area contributed by atoms with Crippen LogP contribution in [0.3, 0.4) is 0 Å². The molecule has 1 unspecified atom stereocenters. The number of ether oxygens (including phenoxy) is 1. The number of imidazole rings is 1. The van der Waals surface area contributed by atoms with Crippen molar-refractivity contribution in [2.24, 2.45) is 7.05 Å². The molecule has 4 aromatic rings. The van der Waals surface area contributed by atoms with Crippen LogP contribution in [-0.2, 0) is 24.9 Å². The first-order chi connectivity index (χ1) is 17.3. The Labute approximate surface area is 205 Å². The molecule has 1 aliphatic rings. The molecule has 1 N–H and O–H groups in total. The predicted octanol–water partition coefficient (Wildman–Crippen LogP) is 3.07. The molecule has 186 valence electrons. The molecule has 0 spiro atoms. The molecule has 1 amide bonds. The van der Waals surface area contributed by atoms with E-state index in [-0.39, 0.29) is 30.9 Å². The number of nitrogens with one attached hydrogen (secondary N) is 1. The smallest absolute Gasteiger partial charge is 0.290 e. The zero-order valence-electron chi connectivity index (χ0n) is 19.9. The van der Waals surface area contributed by atoms with Gasteiger partial charge in [0.1, 0.15) is 23.1 Å². The summed E-state index contributed by atoms with van der Waals surface area (Å²) in [4.78, 5) is 28.5. The van der Waals surface area contributed by atoms with Gasteiger partial charge in [-0.05, 0) is 30.2 Å². The maximum Gasteiger partial charge on any atom is 0.290 e. The van der Waals surface area contributed by atoms with Crippen LogP contribution in [0.2, 0.25) is 0 Å². The van der Waals surface area contributed by atoms with Gasteiger partial charge >= 0.3 is 0 Å². The molecular formula is C24H24F2N8O2. The van der Waals surface area contributed by atoms with Crippen molar-refractivity contribution in [3.8, 4) is 11.4 Å². The highest BCUT2D eigenvalue weighted by Gasteiger charge is 2.35. The molecule has 0 bridgehead atoms. The summed E-state index contributed by atoms with van der Waals surface area (Å²) >= 11 is 0. The average Bonchev–Trinajstić information content (AvgIpc) is 3.43. The van der Waals surface area contributed by atoms with E-state index in [1.165, 1.54) is 17.0 Å². The largest absolute Gasteiger partial charge is 0.382 e. The highest BCUT2D eigenvalue weighted by molar-refractivity contribution is 5.92. The molecular weight excluding hydrogens is 470 g/mol. The first-order valence-corrected chi connectivity index (χ1v) is 11.2. The van der Waals surface area contributed by atoms with Crippen LogP contribution in [0, 0.1) is 18.6 Å². The van der Waals surface area contributed by atoms with E-state index in [1.54, 1.807) is 48.1 Å². The van der Waals surface area contributed by atoms with E-state index in [0.29, 0.717) is 29.4 Å². The van der Waals surface area contributed by atoms with Crippen LogP contribution in [0.15, 0.2) is 42.9 Å². The Morgan fingerprint density at radius 3 is 2.67 bits per heavy atom. The molecule has 0 aliphatic carbocycles. The monoisotopic (exact) mass is 494 g/mol. The Balaban J connectivity index is 1.47. The van der Waals surface area contributed by atoms with Gasteiger partial charge < -0.3 is 19.5 Å². The maximum atomic E-state index is 13.8. The maximum absolute atomic E-state index is 13.8. The second-order valence-electron chi connectivity index (χ2n) is 8.61. The van der Waals surface area contributed by atoms with Crippen LogP contribution in [-0.4, -0.2) is 59.9 Å². The molecule has 4 heterocycles. The zero-order valence-corrected chi connectivity index (χ0v) is 19.9. The molecule has 12 heteroatoms. The molecule has 5 rings (SSSR count). The number of amides is 1. The summed E-state index contributed by atoms with van der Waals surface area (Å²) in [5, 5.41) is 7.24. The van der Waals surface area contributed by atoms with E-state index < -0.39 is 11.6 Å². The number of hydrogen-bond donors (Lipinski definition) is 1. The fourth-order valence-electron chi connectivity index (χ4n) is 4.27. The van der Waals surface area contributed by atoms with Crippen LogP contribution in [0.4, 0.5) is 20.5 Å². The summed E-state index contributed by atoms with van der Waals surface area (Å²) < 4.78 is 36.3. The number of carbonyl (C=O) groups is 1. The van der Waals surface area contributed by atoms with Gasteiger partial charge in [0.25, 0.3) is 5.91 Å². The molecule has 1 atom stereocenters. The standard InChI is InChI=1S/C24H24F2N8O2/c1-14-9-27-24(30-20-4-5-28-32(20)2)31-21(14)19-12-33-11-18(13-36-3)34(23(35)22(33)29-19)10-15-6-16(25)8-17(26)7-15/h4-9,12,18H,10-11,13H2,1-3H3,(H,27,30,31). The first kappa shape index (κ1) is 23.5. The van der Waals surface area contributed by atoms with E-state index in [0.717, 1.165) is 17.4 Å². The number of carbonyl (C=O) groups excluding carboxylic acids is 1. The number of methoxy groups -OCH3 is 1. The SMILES string of the molecule is COCC1Cn2cc(-c3nc(Nc4ccnn4C)ncc3C)nc2C(=O)N1Cc1cc(F)cc(F)c1. The van der Waals surface area contributed by atoms with Crippen LogP contribution < -0.4 is 5.32 Å². The number of anilines is 2. The molecule has 0 fully saturated rings. The summed E-state index contributed by atoms with van der Waals surface area (Å²) in [5.74, 6) is -0.459. The highest BCUT2D eigenvalue weighted by atomic mass is 19.1. The lowest BCUT2D eigenvalue weighted by atomic mass is 10.1. The third-order valence-corrected chi connectivity index (χ3v) is 5.99. The van der Waals surface area contributed by atoms with E-state index >= 15 is 0 Å². The van der Waals surface area contributed by atoms with E-state index in [1.807, 2.05) is 6.92 Å². The molecule has 0 radical (unpaired) electrons. The van der Waals surface area contributed by atoms with E-state index in [9.17, 15) is 13.6 Å². The lowest BCUT2D eigenvalue weighted by Crippen LogP contribution is -2.49. The quantitative estimate of drug-likeness (QED) is 0.421. The Morgan fingerprint density at radius 2 is 1.97 bits per heavy atom. The van der Waals surface area contributed by atoms with Gasteiger partial charge in [-0.2, -0.15) is 5.10 Å². The number of benzene rings is 1. The minimum Gasteiger partial charge on any atom is -0.382 e. The van der Waals surface area contributed by atoms with Crippen LogP contribution in [0.1, 0.15) is 21.7 Å². The number of fused-ring (bicyclic) bond motifs is 1. The summed E-state index contributed by atoms with van der Waals surface area (Å²) in [6, 6.07) is 4.68. The summed E-state index contributed by atoms with van der Waals surface area (Å²) in [7, 11) is 3.34. The molecule has 1 aliphatic heterocycles. The molecule has 0 saturated carbocycles. The van der Waals surface area contributed by atoms with Crippen molar-refractivity contribution in [1.82, 2.24) is 34.2 Å². The zero-order chi connectivity index (χ0) is 25.4. The van der Waals surface area contributed by atoms with Crippen molar-refractivity contribution in [3.63, 3.8) is 0 Å².